The summed E-state index contributed by atoms with van der Waals surface area (Å²) in [5.41, 5.74) is 5.15. The van der Waals surface area contributed by atoms with Crippen molar-refractivity contribution in [2.75, 3.05) is 12.3 Å². The van der Waals surface area contributed by atoms with Gasteiger partial charge in [-0.05, 0) is 18.2 Å². The van der Waals surface area contributed by atoms with Gasteiger partial charge in [-0.25, -0.2) is 17.5 Å². The Hall–Kier alpha value is -1.35. The third-order valence-electron chi connectivity index (χ3n) is 1.71. The molecule has 0 fully saturated rings. The summed E-state index contributed by atoms with van der Waals surface area (Å²) >= 11 is 0. The number of rotatable bonds is 3. The first kappa shape index (κ1) is 13.7. The SMILES string of the molecule is Nc1ccc(S(=O)(=O)NCC(F)(F)F)c(F)c1. The molecule has 1 rings (SSSR count). The van der Waals surface area contributed by atoms with Crippen molar-refractivity contribution >= 4 is 15.7 Å². The van der Waals surface area contributed by atoms with Crippen molar-refractivity contribution in [3.8, 4) is 0 Å². The Morgan fingerprint density at radius 3 is 2.35 bits per heavy atom. The molecule has 0 heterocycles. The third kappa shape index (κ3) is 3.86. The molecule has 0 aliphatic rings. The summed E-state index contributed by atoms with van der Waals surface area (Å²) in [6.07, 6.45) is -4.71. The molecular weight excluding hydrogens is 264 g/mol. The number of nitrogens with one attached hydrogen (secondary N) is 1. The number of hydrogen-bond acceptors (Lipinski definition) is 3. The molecule has 1 aromatic rings. The maximum Gasteiger partial charge on any atom is 0.402 e. The predicted molar refractivity (Wildman–Crippen MR) is 52.1 cm³/mol. The highest BCUT2D eigenvalue weighted by atomic mass is 32.2. The molecule has 0 unspecified atom stereocenters. The van der Waals surface area contributed by atoms with Gasteiger partial charge in [-0.1, -0.05) is 0 Å². The lowest BCUT2D eigenvalue weighted by Gasteiger charge is -2.10. The van der Waals surface area contributed by atoms with Gasteiger partial charge in [0.05, 0.1) is 0 Å². The van der Waals surface area contributed by atoms with Crippen LogP contribution in [0, 0.1) is 5.82 Å². The highest BCUT2D eigenvalue weighted by Crippen LogP contribution is 2.19. The van der Waals surface area contributed by atoms with Crippen LogP contribution in [-0.4, -0.2) is 21.1 Å². The smallest absolute Gasteiger partial charge is 0.399 e. The molecule has 9 heteroatoms. The Morgan fingerprint density at radius 2 is 1.88 bits per heavy atom. The largest absolute Gasteiger partial charge is 0.402 e. The van der Waals surface area contributed by atoms with Gasteiger partial charge in [0, 0.05) is 5.69 Å². The fourth-order valence-corrected chi connectivity index (χ4v) is 2.06. The topological polar surface area (TPSA) is 72.2 Å². The average molecular weight is 272 g/mol. The summed E-state index contributed by atoms with van der Waals surface area (Å²) in [5.74, 6) is -1.21. The maximum atomic E-state index is 13.2. The molecule has 0 radical (unpaired) electrons. The van der Waals surface area contributed by atoms with E-state index < -0.39 is 33.5 Å². The Morgan fingerprint density at radius 1 is 1.29 bits per heavy atom. The van der Waals surface area contributed by atoms with Crippen molar-refractivity contribution in [2.45, 2.75) is 11.1 Å². The van der Waals surface area contributed by atoms with Crippen LogP contribution in [0.5, 0.6) is 0 Å². The first-order chi connectivity index (χ1) is 7.62. The highest BCUT2D eigenvalue weighted by Gasteiger charge is 2.30. The second-order valence-electron chi connectivity index (χ2n) is 3.13. The molecule has 0 saturated carbocycles. The molecule has 0 amide bonds. The molecule has 0 aliphatic carbocycles. The Kier molecular flexibility index (Phi) is 3.62. The minimum Gasteiger partial charge on any atom is -0.399 e. The number of anilines is 1. The van der Waals surface area contributed by atoms with Crippen molar-refractivity contribution in [3.63, 3.8) is 0 Å². The number of benzene rings is 1. The van der Waals surface area contributed by atoms with Gasteiger partial charge in [-0.15, -0.1) is 0 Å². The van der Waals surface area contributed by atoms with Crippen LogP contribution in [0.4, 0.5) is 23.2 Å². The van der Waals surface area contributed by atoms with Gasteiger partial charge in [0.15, 0.2) is 0 Å². The van der Waals surface area contributed by atoms with E-state index in [4.69, 9.17) is 5.73 Å². The van der Waals surface area contributed by atoms with Crippen LogP contribution in [0.15, 0.2) is 23.1 Å². The summed E-state index contributed by atoms with van der Waals surface area (Å²) in [5, 5.41) is 0. The number of alkyl halides is 3. The van der Waals surface area contributed by atoms with Crippen LogP contribution in [0.2, 0.25) is 0 Å². The van der Waals surface area contributed by atoms with Gasteiger partial charge in [-0.3, -0.25) is 0 Å². The molecule has 4 nitrogen and oxygen atoms in total. The molecule has 0 atom stereocenters. The molecule has 0 bridgehead atoms. The van der Waals surface area contributed by atoms with Crippen LogP contribution in [-0.2, 0) is 10.0 Å². The highest BCUT2D eigenvalue weighted by molar-refractivity contribution is 7.89. The number of sulfonamides is 1. The van der Waals surface area contributed by atoms with Crippen LogP contribution in [0.1, 0.15) is 0 Å². The Balaban J connectivity index is 2.98. The van der Waals surface area contributed by atoms with Crippen molar-refractivity contribution < 1.29 is 26.0 Å². The van der Waals surface area contributed by atoms with Crippen LogP contribution < -0.4 is 10.5 Å². The van der Waals surface area contributed by atoms with Crippen LogP contribution in [0.25, 0.3) is 0 Å². The molecule has 96 valence electrons. The maximum absolute atomic E-state index is 13.2. The lowest BCUT2D eigenvalue weighted by Crippen LogP contribution is -2.34. The van der Waals surface area contributed by atoms with E-state index in [0.29, 0.717) is 6.07 Å². The average Bonchev–Trinajstić information content (AvgIpc) is 2.13. The summed E-state index contributed by atoms with van der Waals surface area (Å²) in [6, 6.07) is 2.58. The molecule has 3 N–H and O–H groups in total. The van der Waals surface area contributed by atoms with Gasteiger partial charge in [0.1, 0.15) is 17.3 Å². The quantitative estimate of drug-likeness (QED) is 0.642. The molecule has 1 aromatic carbocycles. The minimum atomic E-state index is -4.71. The van der Waals surface area contributed by atoms with E-state index in [1.165, 1.54) is 4.72 Å². The summed E-state index contributed by atoms with van der Waals surface area (Å²) in [4.78, 5) is -0.879. The molecule has 0 aromatic heterocycles. The van der Waals surface area contributed by atoms with E-state index in [9.17, 15) is 26.0 Å². The molecule has 17 heavy (non-hydrogen) atoms. The number of nitrogen functional groups attached to an aromatic ring is 1. The zero-order valence-electron chi connectivity index (χ0n) is 8.25. The van der Waals surface area contributed by atoms with Crippen molar-refractivity contribution in [3.05, 3.63) is 24.0 Å². The van der Waals surface area contributed by atoms with Crippen LogP contribution >= 0.6 is 0 Å². The van der Waals surface area contributed by atoms with E-state index in [1.54, 1.807) is 0 Å². The van der Waals surface area contributed by atoms with Crippen LogP contribution in [0.3, 0.4) is 0 Å². The molecule has 0 spiro atoms. The fourth-order valence-electron chi connectivity index (χ4n) is 0.990. The number of nitrogens with two attached hydrogens (primary N) is 1. The van der Waals surface area contributed by atoms with Gasteiger partial charge in [-0.2, -0.15) is 13.2 Å². The monoisotopic (exact) mass is 272 g/mol. The molecule has 0 saturated heterocycles. The second-order valence-corrected chi connectivity index (χ2v) is 4.86. The number of halogens is 4. The molecule has 0 aliphatic heterocycles. The van der Waals surface area contributed by atoms with Crippen molar-refractivity contribution in [1.82, 2.24) is 4.72 Å². The fraction of sp³-hybridized carbons (Fsp3) is 0.250. The van der Waals surface area contributed by atoms with E-state index in [-0.39, 0.29) is 5.69 Å². The first-order valence-electron chi connectivity index (χ1n) is 4.23. The zero-order valence-corrected chi connectivity index (χ0v) is 9.07. The van der Waals surface area contributed by atoms with Gasteiger partial charge in [0.25, 0.3) is 0 Å². The second kappa shape index (κ2) is 4.49. The lowest BCUT2D eigenvalue weighted by atomic mass is 10.3. The Bertz CT molecular complexity index is 513. The normalized spacial score (nSPS) is 12.7. The van der Waals surface area contributed by atoms with Gasteiger partial charge in [0.2, 0.25) is 10.0 Å². The van der Waals surface area contributed by atoms with E-state index in [2.05, 4.69) is 0 Å². The van der Waals surface area contributed by atoms with Crippen molar-refractivity contribution in [2.24, 2.45) is 0 Å². The Labute approximate surface area is 94.5 Å². The summed E-state index contributed by atoms with van der Waals surface area (Å²) < 4.78 is 72.5. The third-order valence-corrected chi connectivity index (χ3v) is 3.14. The lowest BCUT2D eigenvalue weighted by molar-refractivity contribution is -0.121. The number of hydrogen-bond donors (Lipinski definition) is 2. The zero-order chi connectivity index (χ0) is 13.3. The summed E-state index contributed by atoms with van der Waals surface area (Å²) in [7, 11) is -4.54. The minimum absolute atomic E-state index is 0.0303. The van der Waals surface area contributed by atoms with Crippen molar-refractivity contribution in [1.29, 1.82) is 0 Å². The predicted octanol–water partition coefficient (Wildman–Crippen LogP) is 1.25. The standard InChI is InChI=1S/C8H8F4N2O2S/c9-6-3-5(13)1-2-7(6)17(15,16)14-4-8(10,11)12/h1-3,14H,4,13H2. The summed E-state index contributed by atoms with van der Waals surface area (Å²) in [6.45, 7) is -1.76. The first-order valence-corrected chi connectivity index (χ1v) is 5.71. The van der Waals surface area contributed by atoms with E-state index >= 15 is 0 Å². The molecular formula is C8H8F4N2O2S. The van der Waals surface area contributed by atoms with Gasteiger partial charge >= 0.3 is 6.18 Å². The van der Waals surface area contributed by atoms with E-state index in [1.807, 2.05) is 0 Å². The van der Waals surface area contributed by atoms with Gasteiger partial charge < -0.3 is 5.73 Å². The van der Waals surface area contributed by atoms with E-state index in [0.717, 1.165) is 12.1 Å².